The second-order valence-electron chi connectivity index (χ2n) is 11.7. The van der Waals surface area contributed by atoms with Gasteiger partial charge in [-0.25, -0.2) is 4.98 Å². The minimum Gasteiger partial charge on any atom is -0.454 e. The molecule has 11 nitrogen and oxygen atoms in total. The van der Waals surface area contributed by atoms with Crippen LogP contribution in [-0.2, 0) is 0 Å². The highest BCUT2D eigenvalue weighted by atomic mass is 35.5. The molecule has 2 saturated carbocycles. The molecule has 4 heterocycles. The fourth-order valence-electron chi connectivity index (χ4n) is 6.61. The van der Waals surface area contributed by atoms with Gasteiger partial charge in [0.05, 0.1) is 6.33 Å². The molecule has 0 bridgehead atoms. The van der Waals surface area contributed by atoms with Gasteiger partial charge < -0.3 is 35.3 Å². The van der Waals surface area contributed by atoms with Crippen LogP contribution in [0.4, 0.5) is 11.8 Å². The minimum atomic E-state index is 0. The van der Waals surface area contributed by atoms with Gasteiger partial charge >= 0.3 is 0 Å². The SMILES string of the molecule is Cl.Cl.N[C@H]1CC[C@H](Nc2nc(NC3CCN(C(=O)c4ccc5c(c4)OCO5)CC3)c3ncn(C4CCCC4)c3n2)CC1. The Balaban J connectivity index is 0.00000176. The van der Waals surface area contributed by atoms with Gasteiger partial charge in [0.1, 0.15) is 0 Å². The summed E-state index contributed by atoms with van der Waals surface area (Å²) in [6.07, 6.45) is 12.5. The number of halogens is 2. The van der Waals surface area contributed by atoms with E-state index in [0.717, 1.165) is 68.3 Å². The molecule has 4 aliphatic rings. The van der Waals surface area contributed by atoms with E-state index in [1.54, 1.807) is 6.07 Å². The number of ether oxygens (including phenoxy) is 2. The zero-order valence-corrected chi connectivity index (χ0v) is 25.3. The number of anilines is 2. The highest BCUT2D eigenvalue weighted by Gasteiger charge is 2.28. The van der Waals surface area contributed by atoms with Gasteiger partial charge in [-0.15, -0.1) is 24.8 Å². The van der Waals surface area contributed by atoms with Crippen molar-refractivity contribution < 1.29 is 14.3 Å². The summed E-state index contributed by atoms with van der Waals surface area (Å²) in [5, 5.41) is 7.29. The van der Waals surface area contributed by atoms with Gasteiger partial charge in [0.15, 0.2) is 28.5 Å². The lowest BCUT2D eigenvalue weighted by molar-refractivity contribution is 0.0718. The van der Waals surface area contributed by atoms with E-state index in [-0.39, 0.29) is 43.6 Å². The highest BCUT2D eigenvalue weighted by Crippen LogP contribution is 2.35. The summed E-state index contributed by atoms with van der Waals surface area (Å²) < 4.78 is 13.1. The third-order valence-corrected chi connectivity index (χ3v) is 8.99. The minimum absolute atomic E-state index is 0. The molecule has 2 aromatic heterocycles. The molecule has 1 aromatic carbocycles. The molecule has 7 rings (SSSR count). The van der Waals surface area contributed by atoms with E-state index in [2.05, 4.69) is 15.2 Å². The van der Waals surface area contributed by atoms with E-state index < -0.39 is 0 Å². The number of aromatic nitrogens is 4. The third kappa shape index (κ3) is 6.18. The molecule has 1 amide bonds. The summed E-state index contributed by atoms with van der Waals surface area (Å²) in [6, 6.07) is 6.66. The van der Waals surface area contributed by atoms with Crippen molar-refractivity contribution in [1.82, 2.24) is 24.4 Å². The molecule has 2 aliphatic heterocycles. The van der Waals surface area contributed by atoms with Crippen molar-refractivity contribution in [2.75, 3.05) is 30.5 Å². The van der Waals surface area contributed by atoms with Gasteiger partial charge in [-0.1, -0.05) is 12.8 Å². The molecule has 3 fully saturated rings. The van der Waals surface area contributed by atoms with Crippen LogP contribution in [0.1, 0.15) is 80.6 Å². The summed E-state index contributed by atoms with van der Waals surface area (Å²) in [7, 11) is 0. The number of hydrogen-bond acceptors (Lipinski definition) is 9. The van der Waals surface area contributed by atoms with Gasteiger partial charge in [-0.05, 0) is 69.6 Å². The van der Waals surface area contributed by atoms with Crippen LogP contribution >= 0.6 is 24.8 Å². The number of nitrogens with zero attached hydrogens (tertiary/aromatic N) is 5. The molecule has 4 N–H and O–H groups in total. The summed E-state index contributed by atoms with van der Waals surface area (Å²) in [5.74, 6) is 2.78. The van der Waals surface area contributed by atoms with Crippen molar-refractivity contribution in [3.05, 3.63) is 30.1 Å². The normalized spacial score (nSPS) is 22.5. The number of benzene rings is 1. The Labute approximate surface area is 258 Å². The number of rotatable bonds is 6. The first kappa shape index (κ1) is 30.4. The van der Waals surface area contributed by atoms with Crippen LogP contribution in [0.5, 0.6) is 11.5 Å². The number of carbonyl (C=O) groups is 1. The van der Waals surface area contributed by atoms with E-state index in [0.29, 0.717) is 54.2 Å². The molecular formula is C29H40Cl2N8O3. The number of nitrogens with two attached hydrogens (primary N) is 1. The van der Waals surface area contributed by atoms with Crippen molar-refractivity contribution in [2.24, 2.45) is 5.73 Å². The smallest absolute Gasteiger partial charge is 0.253 e. The van der Waals surface area contributed by atoms with Gasteiger partial charge in [-0.2, -0.15) is 9.97 Å². The van der Waals surface area contributed by atoms with E-state index >= 15 is 0 Å². The monoisotopic (exact) mass is 618 g/mol. The van der Waals surface area contributed by atoms with Crippen LogP contribution in [0.15, 0.2) is 24.5 Å². The predicted octanol–water partition coefficient (Wildman–Crippen LogP) is 4.91. The Morgan fingerprint density at radius 1 is 0.881 bits per heavy atom. The maximum absolute atomic E-state index is 13.2. The van der Waals surface area contributed by atoms with Crippen LogP contribution in [0.3, 0.4) is 0 Å². The lowest BCUT2D eigenvalue weighted by Crippen LogP contribution is -2.42. The van der Waals surface area contributed by atoms with Crippen molar-refractivity contribution >= 4 is 53.7 Å². The van der Waals surface area contributed by atoms with Gasteiger partial charge in [0.2, 0.25) is 12.7 Å². The first-order chi connectivity index (χ1) is 19.6. The Kier molecular flexibility index (Phi) is 9.49. The maximum Gasteiger partial charge on any atom is 0.253 e. The molecule has 13 heteroatoms. The zero-order chi connectivity index (χ0) is 27.1. The quantitative estimate of drug-likeness (QED) is 0.352. The van der Waals surface area contributed by atoms with E-state index in [4.69, 9.17) is 30.2 Å². The average molecular weight is 620 g/mol. The number of likely N-dealkylation sites (tertiary alicyclic amines) is 1. The second kappa shape index (κ2) is 13.1. The number of fused-ring (bicyclic) bond motifs is 2. The lowest BCUT2D eigenvalue weighted by Gasteiger charge is -2.33. The van der Waals surface area contributed by atoms with Crippen molar-refractivity contribution in [1.29, 1.82) is 0 Å². The number of nitrogens with one attached hydrogen (secondary N) is 2. The van der Waals surface area contributed by atoms with Crippen LogP contribution in [0.2, 0.25) is 0 Å². The lowest BCUT2D eigenvalue weighted by atomic mass is 9.92. The number of amides is 1. The summed E-state index contributed by atoms with van der Waals surface area (Å²) in [6.45, 7) is 1.54. The average Bonchev–Trinajstić information content (AvgIpc) is 3.75. The topological polar surface area (TPSA) is 132 Å². The zero-order valence-electron chi connectivity index (χ0n) is 23.7. The van der Waals surface area contributed by atoms with Crippen LogP contribution in [-0.4, -0.2) is 68.3 Å². The highest BCUT2D eigenvalue weighted by molar-refractivity contribution is 5.95. The summed E-state index contributed by atoms with van der Waals surface area (Å²) in [4.78, 5) is 29.8. The first-order valence-corrected chi connectivity index (χ1v) is 14.8. The summed E-state index contributed by atoms with van der Waals surface area (Å²) >= 11 is 0. The fourth-order valence-corrected chi connectivity index (χ4v) is 6.61. The standard InChI is InChI=1S/C29H38N8O3.2ClH/c30-19-6-8-20(9-7-19)33-29-34-26(25-27(35-29)37(16-31-25)22-3-1-2-4-22)32-21-11-13-36(14-12-21)28(38)18-5-10-23-24(15-18)40-17-39-23;;/h5,10,15-16,19-22H,1-4,6-9,11-14,17,30H2,(H2,32,33,34,35);2*1H/t19-,20-;;. The number of imidazole rings is 1. The predicted molar refractivity (Wildman–Crippen MR) is 166 cm³/mol. The Morgan fingerprint density at radius 2 is 1.60 bits per heavy atom. The first-order valence-electron chi connectivity index (χ1n) is 14.8. The molecule has 3 aromatic rings. The van der Waals surface area contributed by atoms with Gasteiger partial charge in [-0.3, -0.25) is 4.79 Å². The Hall–Kier alpha value is -3.02. The van der Waals surface area contributed by atoms with Crippen LogP contribution < -0.4 is 25.8 Å². The van der Waals surface area contributed by atoms with Crippen LogP contribution in [0, 0.1) is 0 Å². The van der Waals surface area contributed by atoms with Crippen molar-refractivity contribution in [3.63, 3.8) is 0 Å². The van der Waals surface area contributed by atoms with Gasteiger partial charge in [0, 0.05) is 42.8 Å². The van der Waals surface area contributed by atoms with Gasteiger partial charge in [0.25, 0.3) is 5.91 Å². The van der Waals surface area contributed by atoms with Crippen LogP contribution in [0.25, 0.3) is 11.2 Å². The molecule has 0 unspecified atom stereocenters. The van der Waals surface area contributed by atoms with Crippen molar-refractivity contribution in [2.45, 2.75) is 88.4 Å². The maximum atomic E-state index is 13.2. The molecular weight excluding hydrogens is 579 g/mol. The van der Waals surface area contributed by atoms with E-state index in [9.17, 15) is 4.79 Å². The number of piperidine rings is 1. The third-order valence-electron chi connectivity index (χ3n) is 8.99. The van der Waals surface area contributed by atoms with E-state index in [1.807, 2.05) is 23.4 Å². The Bertz CT molecular complexity index is 1380. The number of hydrogen-bond donors (Lipinski definition) is 3. The molecule has 0 spiro atoms. The molecule has 0 radical (unpaired) electrons. The summed E-state index contributed by atoms with van der Waals surface area (Å²) in [5.41, 5.74) is 8.48. The second-order valence-corrected chi connectivity index (χ2v) is 11.7. The molecule has 228 valence electrons. The van der Waals surface area contributed by atoms with E-state index in [1.165, 1.54) is 12.8 Å². The Morgan fingerprint density at radius 3 is 2.36 bits per heavy atom. The number of carbonyl (C=O) groups excluding carboxylic acids is 1. The molecule has 1 saturated heterocycles. The van der Waals surface area contributed by atoms with Crippen molar-refractivity contribution in [3.8, 4) is 11.5 Å². The largest absolute Gasteiger partial charge is 0.454 e. The fraction of sp³-hybridized carbons (Fsp3) is 0.586. The molecule has 42 heavy (non-hydrogen) atoms. The molecule has 0 atom stereocenters. The molecule has 2 aliphatic carbocycles.